The molecule has 0 bridgehead atoms. The highest BCUT2D eigenvalue weighted by Crippen LogP contribution is 2.39. The van der Waals surface area contributed by atoms with E-state index < -0.39 is 5.54 Å². The van der Waals surface area contributed by atoms with Crippen LogP contribution in [-0.4, -0.2) is 53.3 Å². The predicted molar refractivity (Wildman–Crippen MR) is 97.1 cm³/mol. The zero-order valence-corrected chi connectivity index (χ0v) is 15.1. The predicted octanol–water partition coefficient (Wildman–Crippen LogP) is 1.40. The van der Waals surface area contributed by atoms with E-state index >= 15 is 0 Å². The number of urea groups is 1. The highest BCUT2D eigenvalue weighted by Gasteiger charge is 2.55. The molecule has 1 saturated heterocycles. The minimum Gasteiger partial charge on any atom is -0.353 e. The van der Waals surface area contributed by atoms with E-state index in [9.17, 15) is 14.4 Å². The second-order valence-electron chi connectivity index (χ2n) is 7.15. The van der Waals surface area contributed by atoms with Crippen LogP contribution in [0.15, 0.2) is 30.3 Å². The summed E-state index contributed by atoms with van der Waals surface area (Å²) < 4.78 is 0. The molecule has 1 heterocycles. The summed E-state index contributed by atoms with van der Waals surface area (Å²) in [6.07, 6.45) is 4.27. The maximum atomic E-state index is 12.9. The van der Waals surface area contributed by atoms with Gasteiger partial charge in [-0.2, -0.15) is 0 Å². The van der Waals surface area contributed by atoms with Crippen molar-refractivity contribution in [2.24, 2.45) is 5.73 Å². The van der Waals surface area contributed by atoms with Crippen LogP contribution in [0.4, 0.5) is 4.79 Å². The van der Waals surface area contributed by atoms with Crippen molar-refractivity contribution in [2.75, 3.05) is 20.1 Å². The number of carbonyl (C=O) groups excluding carboxylic acids is 3. The fraction of sp³-hybridized carbons (Fsp3) is 0.526. The van der Waals surface area contributed by atoms with Crippen LogP contribution in [0.3, 0.4) is 0 Å². The molecule has 1 aromatic rings. The van der Waals surface area contributed by atoms with Crippen LogP contribution in [-0.2, 0) is 9.59 Å². The molecule has 26 heavy (non-hydrogen) atoms. The first-order chi connectivity index (χ1) is 12.5. The number of nitrogens with zero attached hydrogens (tertiary/aromatic N) is 2. The normalized spacial score (nSPS) is 20.5. The van der Waals surface area contributed by atoms with E-state index in [1.807, 2.05) is 30.3 Å². The molecule has 1 saturated carbocycles. The van der Waals surface area contributed by atoms with Crippen molar-refractivity contribution in [3.63, 3.8) is 0 Å². The van der Waals surface area contributed by atoms with Gasteiger partial charge < -0.3 is 16.0 Å². The summed E-state index contributed by atoms with van der Waals surface area (Å²) in [5, 5.41) is 2.73. The summed E-state index contributed by atoms with van der Waals surface area (Å²) >= 11 is 0. The summed E-state index contributed by atoms with van der Waals surface area (Å²) in [6, 6.07) is 8.74. The van der Waals surface area contributed by atoms with Gasteiger partial charge >= 0.3 is 6.03 Å². The zero-order chi connectivity index (χ0) is 18.7. The van der Waals surface area contributed by atoms with E-state index in [-0.39, 0.29) is 37.0 Å². The van der Waals surface area contributed by atoms with Crippen molar-refractivity contribution in [1.29, 1.82) is 0 Å². The molecular weight excluding hydrogens is 332 g/mol. The van der Waals surface area contributed by atoms with Gasteiger partial charge in [0.2, 0.25) is 5.91 Å². The van der Waals surface area contributed by atoms with Crippen LogP contribution in [0, 0.1) is 0 Å². The molecule has 3 rings (SSSR count). The fourth-order valence-corrected chi connectivity index (χ4v) is 3.91. The first-order valence-corrected chi connectivity index (χ1v) is 9.13. The van der Waals surface area contributed by atoms with Gasteiger partial charge in [0.15, 0.2) is 0 Å². The number of hydrogen-bond donors (Lipinski definition) is 2. The molecule has 1 spiro atoms. The quantitative estimate of drug-likeness (QED) is 0.778. The Hall–Kier alpha value is -2.41. The molecule has 1 aromatic carbocycles. The third kappa shape index (κ3) is 3.31. The molecule has 0 aromatic heterocycles. The Balaban J connectivity index is 1.59. The van der Waals surface area contributed by atoms with Gasteiger partial charge in [-0.15, -0.1) is 0 Å². The number of amides is 4. The van der Waals surface area contributed by atoms with Crippen LogP contribution in [0.2, 0.25) is 0 Å². The van der Waals surface area contributed by atoms with E-state index in [2.05, 4.69) is 5.32 Å². The second-order valence-corrected chi connectivity index (χ2v) is 7.15. The van der Waals surface area contributed by atoms with E-state index in [1.54, 1.807) is 7.05 Å². The van der Waals surface area contributed by atoms with Crippen molar-refractivity contribution in [3.05, 3.63) is 35.9 Å². The molecule has 1 aliphatic heterocycles. The minimum atomic E-state index is -0.754. The lowest BCUT2D eigenvalue weighted by Crippen LogP contribution is -2.49. The third-order valence-electron chi connectivity index (χ3n) is 5.53. The highest BCUT2D eigenvalue weighted by atomic mass is 16.2. The molecule has 7 heteroatoms. The Bertz CT molecular complexity index is 685. The monoisotopic (exact) mass is 358 g/mol. The molecular formula is C19H26N4O3. The van der Waals surface area contributed by atoms with Crippen molar-refractivity contribution >= 4 is 17.8 Å². The number of benzene rings is 1. The summed E-state index contributed by atoms with van der Waals surface area (Å²) in [4.78, 5) is 40.2. The van der Waals surface area contributed by atoms with E-state index in [1.165, 1.54) is 4.90 Å². The summed E-state index contributed by atoms with van der Waals surface area (Å²) in [6.45, 7) is -0.00861. The Morgan fingerprint density at radius 2 is 1.85 bits per heavy atom. The first kappa shape index (κ1) is 18.4. The van der Waals surface area contributed by atoms with Gasteiger partial charge in [0.1, 0.15) is 12.1 Å². The van der Waals surface area contributed by atoms with Gasteiger partial charge in [0, 0.05) is 19.6 Å². The van der Waals surface area contributed by atoms with Crippen LogP contribution < -0.4 is 11.1 Å². The molecule has 140 valence electrons. The molecule has 1 atom stereocenters. The summed E-state index contributed by atoms with van der Waals surface area (Å²) in [7, 11) is 1.66. The number of nitrogens with one attached hydrogen (secondary N) is 1. The lowest BCUT2D eigenvalue weighted by atomic mass is 9.81. The average molecular weight is 358 g/mol. The zero-order valence-electron chi connectivity index (χ0n) is 15.1. The molecule has 1 aliphatic carbocycles. The van der Waals surface area contributed by atoms with Crippen molar-refractivity contribution in [3.8, 4) is 0 Å². The number of imide groups is 1. The van der Waals surface area contributed by atoms with Gasteiger partial charge in [-0.25, -0.2) is 4.79 Å². The maximum Gasteiger partial charge on any atom is 0.327 e. The Kier molecular flexibility index (Phi) is 5.27. The lowest BCUT2D eigenvalue weighted by molar-refractivity contribution is -0.137. The molecule has 4 amide bonds. The Morgan fingerprint density at radius 3 is 2.50 bits per heavy atom. The maximum absolute atomic E-state index is 12.9. The molecule has 2 aliphatic rings. The van der Waals surface area contributed by atoms with Crippen molar-refractivity contribution in [1.82, 2.24) is 15.1 Å². The summed E-state index contributed by atoms with van der Waals surface area (Å²) in [5.74, 6) is -0.619. The number of likely N-dealkylation sites (N-methyl/N-ethyl adjacent to an activating group) is 1. The van der Waals surface area contributed by atoms with Crippen LogP contribution in [0.5, 0.6) is 0 Å². The SMILES string of the molecule is CN1C(=O)N(CC(=O)NCC(N)c2ccccc2)C(=O)C12CCCCC2. The summed E-state index contributed by atoms with van der Waals surface area (Å²) in [5.41, 5.74) is 6.23. The number of nitrogens with two attached hydrogens (primary N) is 1. The first-order valence-electron chi connectivity index (χ1n) is 9.13. The topological polar surface area (TPSA) is 95.7 Å². The number of rotatable bonds is 5. The lowest BCUT2D eigenvalue weighted by Gasteiger charge is -2.35. The van der Waals surface area contributed by atoms with Gasteiger partial charge in [-0.1, -0.05) is 49.6 Å². The van der Waals surface area contributed by atoms with Crippen LogP contribution in [0.25, 0.3) is 0 Å². The smallest absolute Gasteiger partial charge is 0.327 e. The minimum absolute atomic E-state index is 0.243. The number of hydrogen-bond acceptors (Lipinski definition) is 4. The van der Waals surface area contributed by atoms with Gasteiger partial charge in [-0.3, -0.25) is 14.5 Å². The van der Waals surface area contributed by atoms with Crippen molar-refractivity contribution in [2.45, 2.75) is 43.7 Å². The average Bonchev–Trinajstić information content (AvgIpc) is 2.84. The fourth-order valence-electron chi connectivity index (χ4n) is 3.91. The van der Waals surface area contributed by atoms with Crippen molar-refractivity contribution < 1.29 is 14.4 Å². The van der Waals surface area contributed by atoms with Crippen LogP contribution in [0.1, 0.15) is 43.7 Å². The molecule has 2 fully saturated rings. The standard InChI is InChI=1S/C19H26N4O3/c1-22-18(26)23(17(25)19(22)10-6-3-7-11-19)13-16(24)21-12-15(20)14-8-4-2-5-9-14/h2,4-5,8-9,15H,3,6-7,10-13,20H2,1H3,(H,21,24). The van der Waals surface area contributed by atoms with Gasteiger partial charge in [-0.05, 0) is 18.4 Å². The van der Waals surface area contributed by atoms with E-state index in [0.29, 0.717) is 12.8 Å². The Labute approximate surface area is 153 Å². The largest absolute Gasteiger partial charge is 0.353 e. The highest BCUT2D eigenvalue weighted by molar-refractivity contribution is 6.08. The van der Waals surface area contributed by atoms with Crippen LogP contribution >= 0.6 is 0 Å². The number of carbonyl (C=O) groups is 3. The molecule has 7 nitrogen and oxygen atoms in total. The van der Waals surface area contributed by atoms with E-state index in [0.717, 1.165) is 29.7 Å². The van der Waals surface area contributed by atoms with E-state index in [4.69, 9.17) is 5.73 Å². The van der Waals surface area contributed by atoms with Gasteiger partial charge in [0.25, 0.3) is 5.91 Å². The second kappa shape index (κ2) is 7.45. The Morgan fingerprint density at radius 1 is 1.19 bits per heavy atom. The molecule has 1 unspecified atom stereocenters. The third-order valence-corrected chi connectivity index (χ3v) is 5.53. The molecule has 0 radical (unpaired) electrons. The molecule has 3 N–H and O–H groups in total. The van der Waals surface area contributed by atoms with Gasteiger partial charge in [0.05, 0.1) is 0 Å².